The molecule has 20 heavy (non-hydrogen) atoms. The van der Waals surface area contributed by atoms with Crippen molar-refractivity contribution >= 4 is 5.82 Å². The van der Waals surface area contributed by atoms with Gasteiger partial charge in [0.15, 0.2) is 5.82 Å². The van der Waals surface area contributed by atoms with Crippen LogP contribution in [0, 0.1) is 5.82 Å². The maximum absolute atomic E-state index is 13.1. The molecule has 1 aromatic carbocycles. The Morgan fingerprint density at radius 1 is 1.20 bits per heavy atom. The van der Waals surface area contributed by atoms with Gasteiger partial charge in [0.25, 0.3) is 0 Å². The zero-order valence-corrected chi connectivity index (χ0v) is 11.8. The van der Waals surface area contributed by atoms with E-state index in [9.17, 15) is 4.39 Å². The number of nitrogens with zero attached hydrogens (tertiary/aromatic N) is 3. The molecule has 0 saturated heterocycles. The first-order chi connectivity index (χ1) is 9.69. The van der Waals surface area contributed by atoms with Crippen molar-refractivity contribution in [3.05, 3.63) is 53.5 Å². The number of halogens is 1. The van der Waals surface area contributed by atoms with Crippen molar-refractivity contribution in [1.29, 1.82) is 0 Å². The molecule has 0 amide bonds. The molecule has 0 fully saturated rings. The lowest BCUT2D eigenvalue weighted by molar-refractivity contribution is 0.625. The molecule has 2 rings (SSSR count). The monoisotopic (exact) mass is 274 g/mol. The molecule has 1 heterocycles. The molecule has 0 unspecified atom stereocenters. The highest BCUT2D eigenvalue weighted by Gasteiger charge is 2.05. The molecule has 0 aliphatic heterocycles. The largest absolute Gasteiger partial charge is 0.354 e. The van der Waals surface area contributed by atoms with Gasteiger partial charge < -0.3 is 10.2 Å². The summed E-state index contributed by atoms with van der Waals surface area (Å²) in [5.41, 5.74) is 1.82. The Morgan fingerprint density at radius 3 is 2.70 bits per heavy atom. The van der Waals surface area contributed by atoms with Gasteiger partial charge in [-0.15, -0.1) is 5.10 Å². The molecule has 5 heteroatoms. The van der Waals surface area contributed by atoms with Crippen LogP contribution in [0.4, 0.5) is 10.2 Å². The average Bonchev–Trinajstić information content (AvgIpc) is 2.45. The predicted molar refractivity (Wildman–Crippen MR) is 77.9 cm³/mol. The average molecular weight is 274 g/mol. The number of benzene rings is 1. The van der Waals surface area contributed by atoms with Crippen LogP contribution in [-0.4, -0.2) is 23.8 Å². The fourth-order valence-electron chi connectivity index (χ4n) is 1.89. The molecule has 0 saturated carbocycles. The van der Waals surface area contributed by atoms with Crippen LogP contribution in [-0.2, 0) is 13.1 Å². The van der Waals surface area contributed by atoms with Gasteiger partial charge in [-0.3, -0.25) is 0 Å². The van der Waals surface area contributed by atoms with E-state index in [1.54, 1.807) is 6.07 Å². The van der Waals surface area contributed by atoms with Gasteiger partial charge in [0.1, 0.15) is 5.82 Å². The first kappa shape index (κ1) is 14.4. The fraction of sp³-hybridized carbons (Fsp3) is 0.333. The molecule has 0 aliphatic rings. The van der Waals surface area contributed by atoms with Crippen LogP contribution in [0.25, 0.3) is 0 Å². The Kier molecular flexibility index (Phi) is 5.01. The van der Waals surface area contributed by atoms with E-state index < -0.39 is 0 Å². The Bertz CT molecular complexity index is 542. The summed E-state index contributed by atoms with van der Waals surface area (Å²) < 4.78 is 13.1. The summed E-state index contributed by atoms with van der Waals surface area (Å²) >= 11 is 0. The van der Waals surface area contributed by atoms with E-state index in [1.165, 1.54) is 12.1 Å². The minimum absolute atomic E-state index is 0.219. The van der Waals surface area contributed by atoms with E-state index in [2.05, 4.69) is 22.4 Å². The van der Waals surface area contributed by atoms with E-state index in [4.69, 9.17) is 0 Å². The van der Waals surface area contributed by atoms with Crippen molar-refractivity contribution in [2.45, 2.75) is 20.0 Å². The maximum atomic E-state index is 13.1. The summed E-state index contributed by atoms with van der Waals surface area (Å²) in [6, 6.07) is 10.5. The third kappa shape index (κ3) is 3.99. The lowest BCUT2D eigenvalue weighted by Gasteiger charge is -2.17. The number of hydrogen-bond acceptors (Lipinski definition) is 4. The second-order valence-electron chi connectivity index (χ2n) is 4.65. The van der Waals surface area contributed by atoms with Crippen molar-refractivity contribution < 1.29 is 4.39 Å². The number of rotatable bonds is 6. The third-order valence-corrected chi connectivity index (χ3v) is 2.96. The maximum Gasteiger partial charge on any atom is 0.151 e. The molecule has 1 N–H and O–H groups in total. The summed E-state index contributed by atoms with van der Waals surface area (Å²) in [6.07, 6.45) is 0. The van der Waals surface area contributed by atoms with Crippen LogP contribution in [0.3, 0.4) is 0 Å². The van der Waals surface area contributed by atoms with Crippen molar-refractivity contribution in [3.63, 3.8) is 0 Å². The second-order valence-corrected chi connectivity index (χ2v) is 4.65. The fourth-order valence-corrected chi connectivity index (χ4v) is 1.89. The Labute approximate surface area is 118 Å². The van der Waals surface area contributed by atoms with Crippen LogP contribution in [0.15, 0.2) is 36.4 Å². The van der Waals surface area contributed by atoms with Gasteiger partial charge in [-0.25, -0.2) is 4.39 Å². The number of anilines is 1. The van der Waals surface area contributed by atoms with Gasteiger partial charge in [-0.05, 0) is 36.4 Å². The van der Waals surface area contributed by atoms with E-state index >= 15 is 0 Å². The zero-order valence-electron chi connectivity index (χ0n) is 11.8. The molecule has 0 bridgehead atoms. The Morgan fingerprint density at radius 2 is 2.05 bits per heavy atom. The standard InChI is InChI=1S/C15H19FN4/c1-3-17-10-14-7-8-15(19-18-14)20(2)11-12-5-4-6-13(16)9-12/h4-9,17H,3,10-11H2,1-2H3. The summed E-state index contributed by atoms with van der Waals surface area (Å²) in [6.45, 7) is 4.27. The summed E-state index contributed by atoms with van der Waals surface area (Å²) in [7, 11) is 1.92. The topological polar surface area (TPSA) is 41.0 Å². The molecule has 0 radical (unpaired) electrons. The molecule has 106 valence electrons. The normalized spacial score (nSPS) is 10.6. The van der Waals surface area contributed by atoms with Crippen LogP contribution in [0.5, 0.6) is 0 Å². The number of aromatic nitrogens is 2. The molecule has 4 nitrogen and oxygen atoms in total. The molecule has 0 atom stereocenters. The van der Waals surface area contributed by atoms with Crippen molar-refractivity contribution in [1.82, 2.24) is 15.5 Å². The van der Waals surface area contributed by atoms with E-state index in [-0.39, 0.29) is 5.82 Å². The van der Waals surface area contributed by atoms with Gasteiger partial charge >= 0.3 is 0 Å². The third-order valence-electron chi connectivity index (χ3n) is 2.96. The lowest BCUT2D eigenvalue weighted by atomic mass is 10.2. The summed E-state index contributed by atoms with van der Waals surface area (Å²) in [4.78, 5) is 1.94. The van der Waals surface area contributed by atoms with Gasteiger partial charge in [0, 0.05) is 20.1 Å². The highest BCUT2D eigenvalue weighted by molar-refractivity contribution is 5.37. The van der Waals surface area contributed by atoms with Crippen molar-refractivity contribution in [3.8, 4) is 0 Å². The smallest absolute Gasteiger partial charge is 0.151 e. The second kappa shape index (κ2) is 6.96. The zero-order chi connectivity index (χ0) is 14.4. The SMILES string of the molecule is CCNCc1ccc(N(C)Cc2cccc(F)c2)nn1. The summed E-state index contributed by atoms with van der Waals surface area (Å²) in [5, 5.41) is 11.6. The first-order valence-electron chi connectivity index (χ1n) is 6.68. The highest BCUT2D eigenvalue weighted by Crippen LogP contribution is 2.12. The van der Waals surface area contributed by atoms with Crippen LogP contribution in [0.1, 0.15) is 18.2 Å². The lowest BCUT2D eigenvalue weighted by Crippen LogP contribution is -2.19. The van der Waals surface area contributed by atoms with E-state index in [0.717, 1.165) is 30.2 Å². The van der Waals surface area contributed by atoms with E-state index in [0.29, 0.717) is 6.54 Å². The number of nitrogens with one attached hydrogen (secondary N) is 1. The van der Waals surface area contributed by atoms with Gasteiger partial charge in [-0.2, -0.15) is 5.10 Å². The van der Waals surface area contributed by atoms with Gasteiger partial charge in [-0.1, -0.05) is 19.1 Å². The van der Waals surface area contributed by atoms with Gasteiger partial charge in [0.2, 0.25) is 0 Å². The molecule has 2 aromatic rings. The van der Waals surface area contributed by atoms with Crippen LogP contribution in [0.2, 0.25) is 0 Å². The molecular formula is C15H19FN4. The highest BCUT2D eigenvalue weighted by atomic mass is 19.1. The molecular weight excluding hydrogens is 255 g/mol. The first-order valence-corrected chi connectivity index (χ1v) is 6.68. The Hall–Kier alpha value is -2.01. The van der Waals surface area contributed by atoms with Crippen molar-refractivity contribution in [2.75, 3.05) is 18.5 Å². The minimum Gasteiger partial charge on any atom is -0.354 e. The summed E-state index contributed by atoms with van der Waals surface area (Å²) in [5.74, 6) is 0.553. The number of hydrogen-bond donors (Lipinski definition) is 1. The van der Waals surface area contributed by atoms with Crippen LogP contribution < -0.4 is 10.2 Å². The van der Waals surface area contributed by atoms with Crippen molar-refractivity contribution in [2.24, 2.45) is 0 Å². The quantitative estimate of drug-likeness (QED) is 0.878. The predicted octanol–water partition coefficient (Wildman–Crippen LogP) is 2.36. The van der Waals surface area contributed by atoms with E-state index in [1.807, 2.05) is 30.1 Å². The Balaban J connectivity index is 2.00. The minimum atomic E-state index is -0.219. The molecule has 0 aliphatic carbocycles. The molecule has 0 spiro atoms. The van der Waals surface area contributed by atoms with Crippen LogP contribution >= 0.6 is 0 Å². The van der Waals surface area contributed by atoms with Gasteiger partial charge in [0.05, 0.1) is 5.69 Å². The molecule has 1 aromatic heterocycles.